The van der Waals surface area contributed by atoms with E-state index in [0.717, 1.165) is 22.1 Å². The lowest BCUT2D eigenvalue weighted by atomic mass is 10.1. The van der Waals surface area contributed by atoms with E-state index in [1.165, 1.54) is 18.2 Å². The second-order valence-corrected chi connectivity index (χ2v) is 5.12. The summed E-state index contributed by atoms with van der Waals surface area (Å²) in [7, 11) is 0. The fourth-order valence-electron chi connectivity index (χ4n) is 1.91. The first-order valence-electron chi connectivity index (χ1n) is 5.74. The molecule has 1 heterocycles. The number of unbranched alkanes of at least 4 members (excludes halogenated alkanes) is 1. The highest BCUT2D eigenvalue weighted by molar-refractivity contribution is 9.10. The molecule has 0 radical (unpaired) electrons. The van der Waals surface area contributed by atoms with Gasteiger partial charge in [0.15, 0.2) is 0 Å². The molecule has 0 aliphatic rings. The van der Waals surface area contributed by atoms with E-state index in [1.54, 1.807) is 0 Å². The van der Waals surface area contributed by atoms with Gasteiger partial charge in [0, 0.05) is 27.1 Å². The van der Waals surface area contributed by atoms with Crippen molar-refractivity contribution < 1.29 is 0 Å². The third kappa shape index (κ3) is 2.47. The molecule has 0 saturated heterocycles. The number of nitrogens with one attached hydrogen (secondary N) is 1. The van der Waals surface area contributed by atoms with Crippen molar-refractivity contribution in [1.29, 1.82) is 0 Å². The lowest BCUT2D eigenvalue weighted by molar-refractivity contribution is 0.594. The molecule has 86 valence electrons. The summed E-state index contributed by atoms with van der Waals surface area (Å²) < 4.78 is 1.10. The molecule has 2 rings (SSSR count). The number of aromatic nitrogens is 1. The predicted octanol–water partition coefficient (Wildman–Crippen LogP) is 4.12. The van der Waals surface area contributed by atoms with Gasteiger partial charge in [0.2, 0.25) is 0 Å². The monoisotopic (exact) mass is 280 g/mol. The van der Waals surface area contributed by atoms with Crippen molar-refractivity contribution in [1.82, 2.24) is 4.98 Å². The van der Waals surface area contributed by atoms with Gasteiger partial charge in [-0.05, 0) is 30.7 Å². The SMILES string of the molecule is CCCCC(N)c1cc2cc(Br)ccc2[nH]1. The first-order valence-corrected chi connectivity index (χ1v) is 6.53. The van der Waals surface area contributed by atoms with E-state index >= 15 is 0 Å². The minimum absolute atomic E-state index is 0.131. The van der Waals surface area contributed by atoms with Crippen LogP contribution in [0, 0.1) is 0 Å². The highest BCUT2D eigenvalue weighted by atomic mass is 79.9. The lowest BCUT2D eigenvalue weighted by Gasteiger charge is -2.07. The zero-order valence-electron chi connectivity index (χ0n) is 9.46. The van der Waals surface area contributed by atoms with Crippen molar-refractivity contribution >= 4 is 26.8 Å². The van der Waals surface area contributed by atoms with Crippen LogP contribution in [0.5, 0.6) is 0 Å². The number of nitrogens with two attached hydrogens (primary N) is 1. The number of hydrogen-bond donors (Lipinski definition) is 2. The molecule has 0 aliphatic carbocycles. The average Bonchev–Trinajstić information content (AvgIpc) is 2.68. The van der Waals surface area contributed by atoms with Gasteiger partial charge in [-0.15, -0.1) is 0 Å². The Morgan fingerprint density at radius 3 is 2.94 bits per heavy atom. The van der Waals surface area contributed by atoms with Gasteiger partial charge in [0.25, 0.3) is 0 Å². The number of rotatable bonds is 4. The van der Waals surface area contributed by atoms with Crippen molar-refractivity contribution in [3.8, 4) is 0 Å². The number of H-pyrrole nitrogens is 1. The minimum Gasteiger partial charge on any atom is -0.357 e. The smallest absolute Gasteiger partial charge is 0.0457 e. The van der Waals surface area contributed by atoms with Gasteiger partial charge >= 0.3 is 0 Å². The molecular weight excluding hydrogens is 264 g/mol. The van der Waals surface area contributed by atoms with Gasteiger partial charge in [0.05, 0.1) is 0 Å². The molecule has 0 bridgehead atoms. The maximum atomic E-state index is 6.14. The Bertz CT molecular complexity index is 476. The Hall–Kier alpha value is -0.800. The molecule has 2 aromatic rings. The number of fused-ring (bicyclic) bond motifs is 1. The maximum absolute atomic E-state index is 6.14. The van der Waals surface area contributed by atoms with Gasteiger partial charge in [-0.3, -0.25) is 0 Å². The fourth-order valence-corrected chi connectivity index (χ4v) is 2.28. The molecule has 16 heavy (non-hydrogen) atoms. The zero-order valence-corrected chi connectivity index (χ0v) is 11.0. The Labute approximate surface area is 104 Å². The molecule has 0 saturated carbocycles. The Morgan fingerprint density at radius 2 is 2.19 bits per heavy atom. The van der Waals surface area contributed by atoms with Crippen LogP contribution in [-0.2, 0) is 0 Å². The molecule has 2 nitrogen and oxygen atoms in total. The van der Waals surface area contributed by atoms with Crippen LogP contribution in [0.1, 0.15) is 37.9 Å². The van der Waals surface area contributed by atoms with Gasteiger partial charge in [-0.25, -0.2) is 0 Å². The molecule has 1 unspecified atom stereocenters. The van der Waals surface area contributed by atoms with Crippen LogP contribution < -0.4 is 5.73 Å². The van der Waals surface area contributed by atoms with Crippen molar-refractivity contribution in [2.24, 2.45) is 5.73 Å². The van der Waals surface area contributed by atoms with Crippen LogP contribution in [0.2, 0.25) is 0 Å². The normalized spacial score (nSPS) is 13.2. The predicted molar refractivity (Wildman–Crippen MR) is 72.5 cm³/mol. The molecule has 1 aromatic heterocycles. The van der Waals surface area contributed by atoms with E-state index in [-0.39, 0.29) is 6.04 Å². The lowest BCUT2D eigenvalue weighted by Crippen LogP contribution is -2.10. The van der Waals surface area contributed by atoms with Crippen LogP contribution in [0.4, 0.5) is 0 Å². The standard InChI is InChI=1S/C13H17BrN2/c1-2-3-4-11(15)13-8-9-7-10(14)5-6-12(9)16-13/h5-8,11,16H,2-4,15H2,1H3. The number of benzene rings is 1. The summed E-state index contributed by atoms with van der Waals surface area (Å²) in [5.74, 6) is 0. The second kappa shape index (κ2) is 5.02. The largest absolute Gasteiger partial charge is 0.357 e. The molecule has 0 fully saturated rings. The molecule has 1 aromatic carbocycles. The minimum atomic E-state index is 0.131. The van der Waals surface area contributed by atoms with Gasteiger partial charge < -0.3 is 10.7 Å². The number of halogens is 1. The van der Waals surface area contributed by atoms with Crippen LogP contribution in [0.25, 0.3) is 10.9 Å². The van der Waals surface area contributed by atoms with E-state index in [4.69, 9.17) is 5.73 Å². The Balaban J connectivity index is 2.25. The van der Waals surface area contributed by atoms with E-state index < -0.39 is 0 Å². The topological polar surface area (TPSA) is 41.8 Å². The highest BCUT2D eigenvalue weighted by Gasteiger charge is 2.08. The Morgan fingerprint density at radius 1 is 1.38 bits per heavy atom. The van der Waals surface area contributed by atoms with Crippen molar-refractivity contribution in [3.05, 3.63) is 34.4 Å². The van der Waals surface area contributed by atoms with Gasteiger partial charge in [0.1, 0.15) is 0 Å². The van der Waals surface area contributed by atoms with E-state index in [1.807, 2.05) is 6.07 Å². The highest BCUT2D eigenvalue weighted by Crippen LogP contribution is 2.24. The molecule has 0 aliphatic heterocycles. The number of aromatic amines is 1. The molecule has 0 amide bonds. The van der Waals surface area contributed by atoms with Crippen LogP contribution in [0.3, 0.4) is 0 Å². The zero-order chi connectivity index (χ0) is 11.5. The van der Waals surface area contributed by atoms with Crippen LogP contribution in [-0.4, -0.2) is 4.98 Å². The first-order chi connectivity index (χ1) is 7.70. The number of hydrogen-bond acceptors (Lipinski definition) is 1. The van der Waals surface area contributed by atoms with E-state index in [2.05, 4.69) is 46.0 Å². The summed E-state index contributed by atoms with van der Waals surface area (Å²) in [6, 6.07) is 8.52. The maximum Gasteiger partial charge on any atom is 0.0457 e. The van der Waals surface area contributed by atoms with Crippen LogP contribution >= 0.6 is 15.9 Å². The van der Waals surface area contributed by atoms with Crippen molar-refractivity contribution in [2.45, 2.75) is 32.2 Å². The summed E-state index contributed by atoms with van der Waals surface area (Å²) in [5, 5.41) is 1.22. The third-order valence-corrected chi connectivity index (χ3v) is 3.37. The second-order valence-electron chi connectivity index (χ2n) is 4.20. The summed E-state index contributed by atoms with van der Waals surface area (Å²) in [5.41, 5.74) is 8.44. The molecular formula is C13H17BrN2. The van der Waals surface area contributed by atoms with Crippen LogP contribution in [0.15, 0.2) is 28.7 Å². The summed E-state index contributed by atoms with van der Waals surface area (Å²) in [6.07, 6.45) is 3.42. The van der Waals surface area contributed by atoms with E-state index in [9.17, 15) is 0 Å². The molecule has 3 N–H and O–H groups in total. The molecule has 0 spiro atoms. The molecule has 3 heteroatoms. The van der Waals surface area contributed by atoms with E-state index in [0.29, 0.717) is 0 Å². The molecule has 1 atom stereocenters. The summed E-state index contributed by atoms with van der Waals surface area (Å²) in [4.78, 5) is 3.39. The summed E-state index contributed by atoms with van der Waals surface area (Å²) in [6.45, 7) is 2.19. The fraction of sp³-hybridized carbons (Fsp3) is 0.385. The van der Waals surface area contributed by atoms with Crippen molar-refractivity contribution in [2.75, 3.05) is 0 Å². The average molecular weight is 281 g/mol. The summed E-state index contributed by atoms with van der Waals surface area (Å²) >= 11 is 3.48. The first kappa shape index (κ1) is 11.7. The van der Waals surface area contributed by atoms with Crippen molar-refractivity contribution in [3.63, 3.8) is 0 Å². The third-order valence-electron chi connectivity index (χ3n) is 2.87. The van der Waals surface area contributed by atoms with Gasteiger partial charge in [-0.2, -0.15) is 0 Å². The quantitative estimate of drug-likeness (QED) is 0.869. The van der Waals surface area contributed by atoms with Gasteiger partial charge in [-0.1, -0.05) is 35.7 Å². The Kier molecular flexibility index (Phi) is 3.66.